The number of nitrogens with zero attached hydrogens (tertiary/aromatic N) is 1. The first kappa shape index (κ1) is 11.3. The summed E-state index contributed by atoms with van der Waals surface area (Å²) in [6.45, 7) is 0.236. The third-order valence-corrected chi connectivity index (χ3v) is 2.44. The highest BCUT2D eigenvalue weighted by Gasteiger charge is 2.03. The molecule has 0 aromatic heterocycles. The van der Waals surface area contributed by atoms with Crippen LogP contribution in [0.3, 0.4) is 0 Å². The highest BCUT2D eigenvalue weighted by Crippen LogP contribution is 2.25. The SMILES string of the molecule is CN(C)c1cc(CCCO)ccc1Cl. The van der Waals surface area contributed by atoms with Crippen molar-refractivity contribution in [1.82, 2.24) is 0 Å². The lowest BCUT2D eigenvalue weighted by atomic mass is 10.1. The third-order valence-electron chi connectivity index (χ3n) is 2.12. The zero-order valence-electron chi connectivity index (χ0n) is 8.63. The van der Waals surface area contributed by atoms with Crippen LogP contribution in [0, 0.1) is 0 Å². The molecule has 0 aliphatic carbocycles. The number of benzene rings is 1. The van der Waals surface area contributed by atoms with Gasteiger partial charge in [-0.25, -0.2) is 0 Å². The maximum Gasteiger partial charge on any atom is 0.0639 e. The summed E-state index contributed by atoms with van der Waals surface area (Å²) in [6.07, 6.45) is 1.70. The second-order valence-electron chi connectivity index (χ2n) is 3.51. The van der Waals surface area contributed by atoms with Crippen molar-refractivity contribution >= 4 is 17.3 Å². The highest BCUT2D eigenvalue weighted by molar-refractivity contribution is 6.33. The van der Waals surface area contributed by atoms with Crippen molar-refractivity contribution in [2.45, 2.75) is 12.8 Å². The summed E-state index contributed by atoms with van der Waals surface area (Å²) in [5, 5.41) is 9.49. The van der Waals surface area contributed by atoms with Gasteiger partial charge in [-0.2, -0.15) is 0 Å². The molecule has 0 spiro atoms. The Morgan fingerprint density at radius 3 is 2.64 bits per heavy atom. The molecule has 14 heavy (non-hydrogen) atoms. The van der Waals surface area contributed by atoms with Gasteiger partial charge in [0, 0.05) is 20.7 Å². The second-order valence-corrected chi connectivity index (χ2v) is 3.91. The molecule has 1 rings (SSSR count). The molecule has 0 bridgehead atoms. The molecule has 0 amide bonds. The smallest absolute Gasteiger partial charge is 0.0639 e. The lowest BCUT2D eigenvalue weighted by Gasteiger charge is -2.15. The molecule has 0 radical (unpaired) electrons. The van der Waals surface area contributed by atoms with Crippen molar-refractivity contribution in [2.75, 3.05) is 25.6 Å². The molecule has 0 atom stereocenters. The Bertz CT molecular complexity index is 299. The number of aliphatic hydroxyl groups excluding tert-OH is 1. The van der Waals surface area contributed by atoms with Gasteiger partial charge in [0.15, 0.2) is 0 Å². The van der Waals surface area contributed by atoms with Crippen LogP contribution in [0.25, 0.3) is 0 Å². The summed E-state index contributed by atoms with van der Waals surface area (Å²) in [5.41, 5.74) is 2.24. The van der Waals surface area contributed by atoms with E-state index in [4.69, 9.17) is 16.7 Å². The molecule has 78 valence electrons. The topological polar surface area (TPSA) is 23.5 Å². The van der Waals surface area contributed by atoms with Crippen LogP contribution in [-0.2, 0) is 6.42 Å². The van der Waals surface area contributed by atoms with Gasteiger partial charge < -0.3 is 10.0 Å². The first-order valence-electron chi connectivity index (χ1n) is 4.71. The van der Waals surface area contributed by atoms with Crippen molar-refractivity contribution in [3.05, 3.63) is 28.8 Å². The van der Waals surface area contributed by atoms with Crippen molar-refractivity contribution in [3.8, 4) is 0 Å². The van der Waals surface area contributed by atoms with Crippen LogP contribution in [0.5, 0.6) is 0 Å². The standard InChI is InChI=1S/C11H16ClNO/c1-13(2)11-8-9(4-3-7-14)5-6-10(11)12/h5-6,8,14H,3-4,7H2,1-2H3. The second kappa shape index (κ2) is 5.23. The van der Waals surface area contributed by atoms with E-state index in [-0.39, 0.29) is 6.61 Å². The van der Waals surface area contributed by atoms with Crippen LogP contribution in [-0.4, -0.2) is 25.8 Å². The number of aliphatic hydroxyl groups is 1. The van der Waals surface area contributed by atoms with Crippen LogP contribution >= 0.6 is 11.6 Å². The lowest BCUT2D eigenvalue weighted by molar-refractivity contribution is 0.288. The van der Waals surface area contributed by atoms with Crippen LogP contribution in [0.15, 0.2) is 18.2 Å². The van der Waals surface area contributed by atoms with E-state index in [9.17, 15) is 0 Å². The molecular formula is C11H16ClNO. The van der Waals surface area contributed by atoms with Gasteiger partial charge in [-0.1, -0.05) is 17.7 Å². The normalized spacial score (nSPS) is 10.3. The van der Waals surface area contributed by atoms with Gasteiger partial charge >= 0.3 is 0 Å². The van der Waals surface area contributed by atoms with E-state index in [1.54, 1.807) is 0 Å². The molecule has 0 saturated heterocycles. The monoisotopic (exact) mass is 213 g/mol. The summed E-state index contributed by atoms with van der Waals surface area (Å²) in [5.74, 6) is 0. The highest BCUT2D eigenvalue weighted by atomic mass is 35.5. The van der Waals surface area contributed by atoms with Crippen molar-refractivity contribution in [2.24, 2.45) is 0 Å². The van der Waals surface area contributed by atoms with Crippen LogP contribution in [0.4, 0.5) is 5.69 Å². The minimum Gasteiger partial charge on any atom is -0.396 e. The van der Waals surface area contributed by atoms with E-state index < -0.39 is 0 Å². The van der Waals surface area contributed by atoms with Crippen LogP contribution in [0.2, 0.25) is 5.02 Å². The van der Waals surface area contributed by atoms with Gasteiger partial charge in [0.1, 0.15) is 0 Å². The minimum absolute atomic E-state index is 0.236. The zero-order valence-corrected chi connectivity index (χ0v) is 9.38. The number of hydrogen-bond donors (Lipinski definition) is 1. The first-order valence-corrected chi connectivity index (χ1v) is 5.09. The van der Waals surface area contributed by atoms with E-state index in [0.29, 0.717) is 0 Å². The number of rotatable bonds is 4. The average Bonchev–Trinajstić information content (AvgIpc) is 2.16. The largest absolute Gasteiger partial charge is 0.396 e. The fraction of sp³-hybridized carbons (Fsp3) is 0.455. The molecule has 1 N–H and O–H groups in total. The van der Waals surface area contributed by atoms with Gasteiger partial charge in [0.2, 0.25) is 0 Å². The van der Waals surface area contributed by atoms with Gasteiger partial charge in [0.05, 0.1) is 10.7 Å². The van der Waals surface area contributed by atoms with Crippen LogP contribution < -0.4 is 4.90 Å². The number of aryl methyl sites for hydroxylation is 1. The Labute approximate surface area is 90.1 Å². The number of anilines is 1. The predicted octanol–water partition coefficient (Wildman–Crippen LogP) is 2.33. The zero-order chi connectivity index (χ0) is 10.6. The van der Waals surface area contributed by atoms with E-state index in [2.05, 4.69) is 6.07 Å². The minimum atomic E-state index is 0.236. The molecule has 0 aliphatic rings. The quantitative estimate of drug-likeness (QED) is 0.830. The molecule has 1 aromatic rings. The summed E-state index contributed by atoms with van der Waals surface area (Å²) in [4.78, 5) is 1.99. The molecule has 0 aliphatic heterocycles. The summed E-state index contributed by atoms with van der Waals surface area (Å²) in [7, 11) is 3.94. The summed E-state index contributed by atoms with van der Waals surface area (Å²) >= 11 is 6.03. The van der Waals surface area contributed by atoms with Gasteiger partial charge in [-0.3, -0.25) is 0 Å². The van der Waals surface area contributed by atoms with E-state index in [0.717, 1.165) is 23.6 Å². The Balaban J connectivity index is 2.83. The molecular weight excluding hydrogens is 198 g/mol. The molecule has 1 aromatic carbocycles. The molecule has 3 heteroatoms. The average molecular weight is 214 g/mol. The van der Waals surface area contributed by atoms with Crippen molar-refractivity contribution < 1.29 is 5.11 Å². The number of halogens is 1. The Morgan fingerprint density at radius 2 is 2.07 bits per heavy atom. The van der Waals surface area contributed by atoms with E-state index in [1.807, 2.05) is 31.1 Å². The fourth-order valence-corrected chi connectivity index (χ4v) is 1.63. The Kier molecular flexibility index (Phi) is 4.23. The van der Waals surface area contributed by atoms with Gasteiger partial charge in [0.25, 0.3) is 0 Å². The maximum atomic E-state index is 8.72. The molecule has 0 unspecified atom stereocenters. The molecule has 0 heterocycles. The van der Waals surface area contributed by atoms with Crippen molar-refractivity contribution in [1.29, 1.82) is 0 Å². The predicted molar refractivity (Wildman–Crippen MR) is 61.2 cm³/mol. The Morgan fingerprint density at radius 1 is 1.36 bits per heavy atom. The third kappa shape index (κ3) is 2.89. The summed E-state index contributed by atoms with van der Waals surface area (Å²) in [6, 6.07) is 5.98. The summed E-state index contributed by atoms with van der Waals surface area (Å²) < 4.78 is 0. The van der Waals surface area contributed by atoms with E-state index in [1.165, 1.54) is 5.56 Å². The fourth-order valence-electron chi connectivity index (χ4n) is 1.34. The lowest BCUT2D eigenvalue weighted by Crippen LogP contribution is -2.09. The van der Waals surface area contributed by atoms with Gasteiger partial charge in [-0.15, -0.1) is 0 Å². The molecule has 2 nitrogen and oxygen atoms in total. The molecule has 0 fully saturated rings. The maximum absolute atomic E-state index is 8.72. The van der Waals surface area contributed by atoms with Crippen LogP contribution in [0.1, 0.15) is 12.0 Å². The first-order chi connectivity index (χ1) is 6.65. The Hall–Kier alpha value is -0.730. The van der Waals surface area contributed by atoms with E-state index >= 15 is 0 Å². The number of hydrogen-bond acceptors (Lipinski definition) is 2. The molecule has 0 saturated carbocycles. The van der Waals surface area contributed by atoms with Gasteiger partial charge in [-0.05, 0) is 30.5 Å². The van der Waals surface area contributed by atoms with Crippen molar-refractivity contribution in [3.63, 3.8) is 0 Å².